The molecular weight excluding hydrogens is 422 g/mol. The van der Waals surface area contributed by atoms with Crippen molar-refractivity contribution < 1.29 is 33.4 Å². The molecule has 162 valence electrons. The van der Waals surface area contributed by atoms with Crippen LogP contribution in [0.3, 0.4) is 0 Å². The Bertz CT molecular complexity index is 1010. The van der Waals surface area contributed by atoms with Crippen molar-refractivity contribution in [1.82, 2.24) is 4.90 Å². The van der Waals surface area contributed by atoms with Crippen LogP contribution in [0.1, 0.15) is 42.0 Å². The Morgan fingerprint density at radius 2 is 2.06 bits per heavy atom. The van der Waals surface area contributed by atoms with Gasteiger partial charge in [-0.25, -0.2) is 14.4 Å². The van der Waals surface area contributed by atoms with Gasteiger partial charge in [-0.3, -0.25) is 4.79 Å². The second-order valence-electron chi connectivity index (χ2n) is 7.18. The minimum Gasteiger partial charge on any atom is -0.466 e. The highest BCUT2D eigenvalue weighted by Crippen LogP contribution is 2.48. The van der Waals surface area contributed by atoms with Crippen molar-refractivity contribution in [3.8, 4) is 0 Å². The van der Waals surface area contributed by atoms with Crippen molar-refractivity contribution >= 4 is 35.6 Å². The van der Waals surface area contributed by atoms with Gasteiger partial charge in [-0.2, -0.15) is 0 Å². The third kappa shape index (κ3) is 3.74. The maximum absolute atomic E-state index is 13.0. The van der Waals surface area contributed by atoms with Crippen LogP contribution in [-0.4, -0.2) is 47.6 Å². The second kappa shape index (κ2) is 8.58. The zero-order valence-corrected chi connectivity index (χ0v) is 17.8. The number of carbonyl (C=O) groups excluding carboxylic acids is 4. The molecule has 3 aliphatic rings. The van der Waals surface area contributed by atoms with Gasteiger partial charge in [0.05, 0.1) is 24.6 Å². The van der Waals surface area contributed by atoms with Crippen molar-refractivity contribution in [3.63, 3.8) is 0 Å². The Morgan fingerprint density at radius 1 is 1.29 bits per heavy atom. The topological polar surface area (TPSA) is 99.2 Å². The van der Waals surface area contributed by atoms with Crippen LogP contribution in [0, 0.1) is 5.92 Å². The molecule has 0 spiro atoms. The molecule has 1 aromatic carbocycles. The molecule has 0 N–H and O–H groups in total. The van der Waals surface area contributed by atoms with Crippen LogP contribution in [0.25, 0.3) is 0 Å². The molecule has 8 nitrogen and oxygen atoms in total. The molecule has 9 heteroatoms. The normalized spacial score (nSPS) is 24.1. The summed E-state index contributed by atoms with van der Waals surface area (Å²) in [6.45, 7) is 1.96. The number of ether oxygens (including phenoxy) is 3. The Morgan fingerprint density at radius 3 is 2.81 bits per heavy atom. The van der Waals surface area contributed by atoms with E-state index >= 15 is 0 Å². The van der Waals surface area contributed by atoms with E-state index < -0.39 is 24.2 Å². The van der Waals surface area contributed by atoms with Crippen LogP contribution < -0.4 is 0 Å². The Hall–Kier alpha value is -3.07. The molecule has 1 amide bonds. The van der Waals surface area contributed by atoms with Crippen LogP contribution in [0.2, 0.25) is 0 Å². The number of carbonyl (C=O) groups is 4. The summed E-state index contributed by atoms with van der Waals surface area (Å²) >= 11 is 1.49. The number of hydrogen-bond acceptors (Lipinski definition) is 8. The number of hydrogen-bond donors (Lipinski definition) is 0. The van der Waals surface area contributed by atoms with E-state index in [2.05, 4.69) is 4.74 Å². The molecule has 3 unspecified atom stereocenters. The average molecular weight is 443 g/mol. The van der Waals surface area contributed by atoms with Gasteiger partial charge in [0, 0.05) is 23.0 Å². The zero-order valence-electron chi connectivity index (χ0n) is 17.0. The number of nitrogens with zero attached hydrogens (tertiary/aromatic N) is 1. The largest absolute Gasteiger partial charge is 0.466 e. The van der Waals surface area contributed by atoms with Crippen LogP contribution >= 0.6 is 11.8 Å². The van der Waals surface area contributed by atoms with Crippen molar-refractivity contribution in [2.24, 2.45) is 5.92 Å². The average Bonchev–Trinajstić information content (AvgIpc) is 3.27. The van der Waals surface area contributed by atoms with Gasteiger partial charge in [0.15, 0.2) is 0 Å². The summed E-state index contributed by atoms with van der Waals surface area (Å²) in [5.41, 5.74) is 1.07. The first-order valence-corrected chi connectivity index (χ1v) is 10.9. The number of fused-ring (bicyclic) bond motifs is 2. The zero-order chi connectivity index (χ0) is 22.1. The van der Waals surface area contributed by atoms with Gasteiger partial charge in [0.2, 0.25) is 5.91 Å². The lowest BCUT2D eigenvalue weighted by Crippen LogP contribution is -2.58. The number of amides is 1. The molecule has 4 rings (SSSR count). The highest BCUT2D eigenvalue weighted by atomic mass is 32.2. The predicted molar refractivity (Wildman–Crippen MR) is 110 cm³/mol. The van der Waals surface area contributed by atoms with Gasteiger partial charge in [-0.15, -0.1) is 11.8 Å². The van der Waals surface area contributed by atoms with E-state index in [1.165, 1.54) is 29.8 Å². The van der Waals surface area contributed by atoms with Crippen LogP contribution in [0.5, 0.6) is 0 Å². The summed E-state index contributed by atoms with van der Waals surface area (Å²) in [6, 6.07) is 6.56. The number of thioether (sulfide) groups is 1. The van der Waals surface area contributed by atoms with Crippen molar-refractivity contribution in [3.05, 3.63) is 58.1 Å². The maximum atomic E-state index is 13.0. The summed E-state index contributed by atoms with van der Waals surface area (Å²) in [7, 11) is 1.29. The van der Waals surface area contributed by atoms with Crippen LogP contribution in [0.4, 0.5) is 0 Å². The van der Waals surface area contributed by atoms with Gasteiger partial charge in [-0.05, 0) is 18.2 Å². The molecule has 1 aromatic rings. The molecule has 0 bridgehead atoms. The predicted octanol–water partition coefficient (Wildman–Crippen LogP) is 2.71. The molecule has 1 fully saturated rings. The maximum Gasteiger partial charge on any atom is 0.359 e. The smallest absolute Gasteiger partial charge is 0.359 e. The third-order valence-corrected chi connectivity index (χ3v) is 6.47. The fourth-order valence-electron chi connectivity index (χ4n) is 4.04. The van der Waals surface area contributed by atoms with Gasteiger partial charge in [-0.1, -0.05) is 31.2 Å². The quantitative estimate of drug-likeness (QED) is 0.360. The number of β-lactam (4-membered cyclic amide) rings is 1. The van der Waals surface area contributed by atoms with E-state index in [9.17, 15) is 19.2 Å². The minimum atomic E-state index is -1.13. The van der Waals surface area contributed by atoms with Crippen molar-refractivity contribution in [2.45, 2.75) is 32.1 Å². The second-order valence-corrected chi connectivity index (χ2v) is 8.54. The number of esters is 3. The monoisotopic (exact) mass is 443 g/mol. The number of allylic oxidation sites excluding steroid dienone is 1. The lowest BCUT2D eigenvalue weighted by Gasteiger charge is -2.43. The molecule has 0 radical (unpaired) electrons. The highest BCUT2D eigenvalue weighted by Gasteiger charge is 2.55. The molecular formula is C22H21NO7S. The van der Waals surface area contributed by atoms with E-state index in [1.54, 1.807) is 30.3 Å². The van der Waals surface area contributed by atoms with Crippen LogP contribution in [0.15, 0.2) is 47.0 Å². The standard InChI is InChI=1S/C22H21NO7S/c1-3-31-16-11-15-14(9-6-10-17(24)28-2)19(25)23(15)18(16)21(27)30-22-13-8-5-4-7-12(13)20(26)29-22/h4-8,10,14-15,22H,3,9,11H2,1-2H3. The van der Waals surface area contributed by atoms with Crippen molar-refractivity contribution in [1.29, 1.82) is 0 Å². The van der Waals surface area contributed by atoms with E-state index in [1.807, 2.05) is 6.92 Å². The van der Waals surface area contributed by atoms with Gasteiger partial charge in [0.25, 0.3) is 6.29 Å². The van der Waals surface area contributed by atoms with E-state index in [4.69, 9.17) is 9.47 Å². The molecule has 3 aliphatic heterocycles. The fraction of sp³-hybridized carbons (Fsp3) is 0.364. The molecule has 31 heavy (non-hydrogen) atoms. The Kier molecular flexibility index (Phi) is 5.86. The van der Waals surface area contributed by atoms with Gasteiger partial charge < -0.3 is 19.1 Å². The van der Waals surface area contributed by atoms with Crippen LogP contribution in [-0.2, 0) is 28.6 Å². The van der Waals surface area contributed by atoms with E-state index in [0.717, 1.165) is 10.7 Å². The van der Waals surface area contributed by atoms with E-state index in [0.29, 0.717) is 24.0 Å². The first kappa shape index (κ1) is 21.2. The Balaban J connectivity index is 1.49. The first-order valence-electron chi connectivity index (χ1n) is 9.90. The molecule has 0 saturated carbocycles. The van der Waals surface area contributed by atoms with Gasteiger partial charge in [0.1, 0.15) is 5.70 Å². The summed E-state index contributed by atoms with van der Waals surface area (Å²) in [5.74, 6) is -1.50. The third-order valence-electron chi connectivity index (χ3n) is 5.47. The van der Waals surface area contributed by atoms with Gasteiger partial charge >= 0.3 is 17.9 Å². The Labute approximate surface area is 183 Å². The molecule has 3 atom stereocenters. The SMILES string of the molecule is CCSC1=C(C(=O)OC2OC(=O)c3ccccc32)N2C(=O)C(CC=CC(=O)OC)C2C1. The number of benzene rings is 1. The van der Waals surface area contributed by atoms with E-state index in [-0.39, 0.29) is 23.6 Å². The lowest BCUT2D eigenvalue weighted by atomic mass is 9.84. The van der Waals surface area contributed by atoms with Crippen molar-refractivity contribution in [2.75, 3.05) is 12.9 Å². The molecule has 3 heterocycles. The first-order chi connectivity index (χ1) is 15.0. The number of cyclic esters (lactones) is 1. The molecule has 0 aliphatic carbocycles. The minimum absolute atomic E-state index is 0.162. The summed E-state index contributed by atoms with van der Waals surface area (Å²) in [6.07, 6.45) is 2.71. The summed E-state index contributed by atoms with van der Waals surface area (Å²) in [4.78, 5) is 51.3. The summed E-state index contributed by atoms with van der Waals surface area (Å²) in [5, 5.41) is 0. The lowest BCUT2D eigenvalue weighted by molar-refractivity contribution is -0.170. The number of rotatable bonds is 7. The summed E-state index contributed by atoms with van der Waals surface area (Å²) < 4.78 is 15.3. The highest BCUT2D eigenvalue weighted by molar-refractivity contribution is 8.03. The molecule has 1 saturated heterocycles. The number of methoxy groups -OCH3 is 1. The molecule has 0 aromatic heterocycles. The fourth-order valence-corrected chi connectivity index (χ4v) is 4.99.